The minimum absolute atomic E-state index is 0.000588. The van der Waals surface area contributed by atoms with E-state index < -0.39 is 354 Å². The standard InChI is InChI=1S/C81H138N18O37/c1-14-27-127-78-54(92-40(10)104)59(111)61(49(29-101)131-78)135-81-57(95-43(13)107)65(129-39(9)73(120)87-35(5)71(118)99-45(67(85)114)22-24-53(109)97-47(20-16-18-26-83)75(122)89-33(3)69(116)91-37(7)77(125)126)63(51(31-103)133-81)136-79-55(93-41(11)105)60(112)62(50(30-102)132-79)134-80-56(94-42(12)106)64(58(110)48(28-100)130-80)128-38(8)72(119)86-34(4)70(117)98-44(66(84)113)21-23-52(108)96-46(19-15-17-25-82)74(121)88-32(2)68(115)90-36(6)76(123)124/h32-39,44-51,54-65,78-81,100-103,110-112H,14-31,82-83H2,1-13H3,(H2,84,113)(H2,85,114)(H,86,119)(H,87,120)(H,88,121)(H,89,122)(H,90,115)(H,91,116)(H,92,104)(H,93,105)(H,94,106)(H,95,107)(H,96,108)(H,97,109)(H,98,117)(H,99,118)(H,123,124)(H,125,126)/t32-,33-,34+,35+,36-,37-,38?,39?,44-,45-,46+,47+,48-,49-,50-,51-,54-,55-,56-,57-,58-,59-,60-,61-,62-,63-,64-,65-,78+,79+,80+,81+/m1/s1. The molecule has 774 valence electrons. The van der Waals surface area contributed by atoms with Gasteiger partial charge in [-0.1, -0.05) is 6.92 Å². The van der Waals surface area contributed by atoms with Gasteiger partial charge in [0.25, 0.3) is 0 Å². The summed E-state index contributed by atoms with van der Waals surface area (Å²) in [6.45, 7) is 11.3. The number of primary amides is 2. The zero-order valence-electron chi connectivity index (χ0n) is 78.0. The molecule has 16 amide bonds. The molecule has 4 aliphatic heterocycles. The highest BCUT2D eigenvalue weighted by Crippen LogP contribution is 2.37. The van der Waals surface area contributed by atoms with Crippen molar-refractivity contribution in [3.8, 4) is 0 Å². The molecule has 4 aliphatic rings. The zero-order chi connectivity index (χ0) is 103. The normalized spacial score (nSPS) is 27.5. The number of unbranched alkanes of at least 4 members (excludes halogenated alkanes) is 2. The molecule has 4 heterocycles. The SMILES string of the molecule is CCCO[C@H]1O[C@H](CO)[C@@H](O[C@@H]2O[C@H](CO)[C@@H](O[C@@H]3O[C@H](CO)[C@@H](O[C@@H]4O[C@H](CO)[C@@H](O)[C@H](OC(C)C(=O)N[C@@H](C)C(=O)N[C@H](CCC(=O)N[C@@H](CCCCN)C(=O)N[C@H](C)C(=O)N[C@H](C)C(=O)O)C(N)=O)[C@H]4NC(C)=O)[C@H](O)[C@H]3NC(C)=O)[C@H](OC(C)C(=O)N[C@@H](C)C(=O)N[C@H](CCC(=O)N[C@@H](CCCCN)C(=O)N[C@H](C)C(=O)N[C@H](C)C(=O)O)C(N)=O)[C@H]2NC(C)=O)[C@H](O)[C@H]1NC(C)=O. The summed E-state index contributed by atoms with van der Waals surface area (Å²) < 4.78 is 62.4. The number of aliphatic hydroxyl groups excluding tert-OH is 7. The van der Waals surface area contributed by atoms with Crippen molar-refractivity contribution in [3.63, 3.8) is 0 Å². The van der Waals surface area contributed by atoms with Crippen LogP contribution in [0.2, 0.25) is 0 Å². The Morgan fingerprint density at radius 3 is 0.985 bits per heavy atom. The van der Waals surface area contributed by atoms with Crippen LogP contribution in [-0.4, -0.2) is 394 Å². The molecule has 4 saturated heterocycles. The maximum atomic E-state index is 14.6. The van der Waals surface area contributed by atoms with Gasteiger partial charge in [0, 0.05) is 47.1 Å². The van der Waals surface area contributed by atoms with Gasteiger partial charge >= 0.3 is 11.9 Å². The van der Waals surface area contributed by atoms with Crippen LogP contribution in [0, 0.1) is 0 Å². The fourth-order valence-corrected chi connectivity index (χ4v) is 14.5. The summed E-state index contributed by atoms with van der Waals surface area (Å²) in [6, 6.07) is -21.3. The molecule has 0 aliphatic carbocycles. The lowest BCUT2D eigenvalue weighted by atomic mass is 9.92. The number of aliphatic hydroxyl groups is 7. The Balaban J connectivity index is 1.69. The molecular weight excluding hydrogens is 1820 g/mol. The van der Waals surface area contributed by atoms with Crippen molar-refractivity contribution < 1.29 is 180 Å². The number of hydrogen-bond acceptors (Lipinski definition) is 37. The second-order valence-electron chi connectivity index (χ2n) is 33.3. The smallest absolute Gasteiger partial charge is 0.325 e. The van der Waals surface area contributed by atoms with Crippen LogP contribution < -0.4 is 97.4 Å². The van der Waals surface area contributed by atoms with Gasteiger partial charge in [0.1, 0.15) is 170 Å². The van der Waals surface area contributed by atoms with E-state index in [0.29, 0.717) is 32.1 Å². The highest BCUT2D eigenvalue weighted by molar-refractivity contribution is 5.97. The first-order chi connectivity index (χ1) is 63.9. The van der Waals surface area contributed by atoms with Gasteiger partial charge in [-0.3, -0.25) is 86.3 Å². The summed E-state index contributed by atoms with van der Waals surface area (Å²) in [5.74, 6) is -18.0. The van der Waals surface area contributed by atoms with Crippen LogP contribution in [0.25, 0.3) is 0 Å². The van der Waals surface area contributed by atoms with Gasteiger partial charge in [-0.2, -0.15) is 0 Å². The summed E-state index contributed by atoms with van der Waals surface area (Å²) in [5.41, 5.74) is 22.6. The quantitative estimate of drug-likeness (QED) is 0.0251. The number of nitrogens with one attached hydrogen (secondary N) is 14. The third-order valence-corrected chi connectivity index (χ3v) is 22.0. The Morgan fingerprint density at radius 2 is 0.640 bits per heavy atom. The molecule has 0 aromatic heterocycles. The fraction of sp³-hybridized carbons (Fsp3) is 0.778. The highest BCUT2D eigenvalue weighted by atomic mass is 16.8. The Kier molecular flexibility index (Phi) is 50.1. The molecule has 4 fully saturated rings. The maximum Gasteiger partial charge on any atom is 0.325 e. The highest BCUT2D eigenvalue weighted by Gasteiger charge is 2.58. The lowest BCUT2D eigenvalue weighted by molar-refractivity contribution is -0.366. The number of carboxylic acids is 2. The molecule has 0 saturated carbocycles. The molecule has 2 unspecified atom stereocenters. The number of ether oxygens (including phenoxy) is 10. The molecule has 0 aromatic carbocycles. The van der Waals surface area contributed by atoms with Gasteiger partial charge in [-0.05, 0) is 126 Å². The number of hydrogen-bond donors (Lipinski definition) is 27. The predicted octanol–water partition coefficient (Wildman–Crippen LogP) is -13.0. The van der Waals surface area contributed by atoms with Crippen molar-refractivity contribution in [1.29, 1.82) is 0 Å². The van der Waals surface area contributed by atoms with Crippen LogP contribution >= 0.6 is 0 Å². The van der Waals surface area contributed by atoms with E-state index in [1.807, 2.05) is 0 Å². The van der Waals surface area contributed by atoms with E-state index in [1.165, 1.54) is 27.7 Å². The Morgan fingerprint density at radius 1 is 0.338 bits per heavy atom. The van der Waals surface area contributed by atoms with E-state index in [-0.39, 0.29) is 32.5 Å². The Bertz CT molecular complexity index is 4020. The number of carbonyl (C=O) groups excluding carboxylic acids is 16. The first-order valence-electron chi connectivity index (χ1n) is 44.5. The van der Waals surface area contributed by atoms with Crippen molar-refractivity contribution in [2.45, 2.75) is 356 Å². The molecule has 0 aromatic rings. The van der Waals surface area contributed by atoms with E-state index in [4.69, 9.17) is 70.3 Å². The molecule has 0 radical (unpaired) electrons. The molecule has 31 N–H and O–H groups in total. The van der Waals surface area contributed by atoms with Crippen molar-refractivity contribution in [1.82, 2.24) is 74.4 Å². The lowest BCUT2D eigenvalue weighted by Gasteiger charge is -2.52. The van der Waals surface area contributed by atoms with Gasteiger partial charge < -0.3 is 191 Å². The summed E-state index contributed by atoms with van der Waals surface area (Å²) in [5, 5.41) is 133. The third-order valence-electron chi connectivity index (χ3n) is 22.0. The molecule has 4 rings (SSSR count). The number of carbonyl (C=O) groups is 18. The monoisotopic (exact) mass is 1950 g/mol. The average molecular weight is 1960 g/mol. The van der Waals surface area contributed by atoms with Crippen LogP contribution in [0.5, 0.6) is 0 Å². The zero-order valence-corrected chi connectivity index (χ0v) is 78.0. The Labute approximate surface area is 782 Å². The molecule has 55 nitrogen and oxygen atoms in total. The van der Waals surface area contributed by atoms with Crippen molar-refractivity contribution >= 4 is 106 Å². The van der Waals surface area contributed by atoms with E-state index in [9.17, 15) is 132 Å². The van der Waals surface area contributed by atoms with Gasteiger partial charge in [-0.15, -0.1) is 0 Å². The van der Waals surface area contributed by atoms with Crippen molar-refractivity contribution in [2.24, 2.45) is 22.9 Å². The van der Waals surface area contributed by atoms with Gasteiger partial charge in [0.2, 0.25) is 94.5 Å². The van der Waals surface area contributed by atoms with Crippen molar-refractivity contribution in [2.75, 3.05) is 46.1 Å². The van der Waals surface area contributed by atoms with E-state index >= 15 is 0 Å². The van der Waals surface area contributed by atoms with E-state index in [1.54, 1.807) is 6.92 Å². The largest absolute Gasteiger partial charge is 0.480 e. The average Bonchev–Trinajstić information content (AvgIpc) is 0.754. The van der Waals surface area contributed by atoms with Crippen LogP contribution in [0.4, 0.5) is 0 Å². The molecule has 32 atom stereocenters. The van der Waals surface area contributed by atoms with Gasteiger partial charge in [0.05, 0.1) is 26.4 Å². The summed E-state index contributed by atoms with van der Waals surface area (Å²) in [4.78, 5) is 237. The maximum absolute atomic E-state index is 14.6. The first kappa shape index (κ1) is 118. The van der Waals surface area contributed by atoms with E-state index in [0.717, 1.165) is 55.4 Å². The van der Waals surface area contributed by atoms with Gasteiger partial charge in [-0.25, -0.2) is 0 Å². The Hall–Kier alpha value is -10.3. The van der Waals surface area contributed by atoms with Crippen LogP contribution in [0.1, 0.15) is 161 Å². The minimum atomic E-state index is -2.24. The number of aliphatic carboxylic acids is 2. The molecule has 0 spiro atoms. The molecule has 55 heteroatoms. The second-order valence-corrected chi connectivity index (χ2v) is 33.3. The first-order valence-corrected chi connectivity index (χ1v) is 44.5. The minimum Gasteiger partial charge on any atom is -0.480 e. The van der Waals surface area contributed by atoms with E-state index in [2.05, 4.69) is 74.4 Å². The third kappa shape index (κ3) is 36.6. The molecule has 0 bridgehead atoms. The lowest BCUT2D eigenvalue weighted by Crippen LogP contribution is -2.72. The van der Waals surface area contributed by atoms with Crippen molar-refractivity contribution in [3.05, 3.63) is 0 Å². The molecular formula is C81H138N18O37. The predicted molar refractivity (Wildman–Crippen MR) is 462 cm³/mol. The molecule has 136 heavy (non-hydrogen) atoms. The summed E-state index contributed by atoms with van der Waals surface area (Å²) in [7, 11) is 0. The second kappa shape index (κ2) is 57.8. The van der Waals surface area contributed by atoms with Crippen LogP contribution in [0.3, 0.4) is 0 Å². The number of nitrogens with two attached hydrogens (primary N) is 4. The summed E-state index contributed by atoms with van der Waals surface area (Å²) in [6.07, 6.45) is -34.7. The topological polar surface area (TPSA) is 854 Å². The number of rotatable bonds is 57. The number of carboxylic acid groups (broad SMARTS) is 2. The fourth-order valence-electron chi connectivity index (χ4n) is 14.5. The van der Waals surface area contributed by atoms with Crippen LogP contribution in [0.15, 0.2) is 0 Å². The number of amides is 16. The summed E-state index contributed by atoms with van der Waals surface area (Å²) >= 11 is 0. The van der Waals surface area contributed by atoms with Gasteiger partial charge in [0.15, 0.2) is 25.2 Å². The van der Waals surface area contributed by atoms with Crippen LogP contribution in [-0.2, 0) is 134 Å².